The Hall–Kier alpha value is -2.45. The molecule has 0 bridgehead atoms. The quantitative estimate of drug-likeness (QED) is 0.729. The zero-order valence-corrected chi connectivity index (χ0v) is 11.1. The maximum atomic E-state index is 13.6. The molecule has 0 aliphatic carbocycles. The first-order chi connectivity index (χ1) is 10.2. The lowest BCUT2D eigenvalue weighted by molar-refractivity contribution is -0.141. The number of alkyl halides is 5. The summed E-state index contributed by atoms with van der Waals surface area (Å²) >= 11 is 0. The summed E-state index contributed by atoms with van der Waals surface area (Å²) in [5.41, 5.74) is -0.575. The van der Waals surface area contributed by atoms with Crippen molar-refractivity contribution in [2.75, 3.05) is 0 Å². The molecule has 0 aliphatic heterocycles. The fraction of sp³-hybridized carbons (Fsp3) is 0.231. The van der Waals surface area contributed by atoms with Gasteiger partial charge in [0.25, 0.3) is 0 Å². The molecule has 3 rings (SSSR count). The number of hydrogen-bond donors (Lipinski definition) is 1. The lowest BCUT2D eigenvalue weighted by Crippen LogP contribution is -2.15. The first-order valence-corrected chi connectivity index (χ1v) is 6.14. The second-order valence-electron chi connectivity index (χ2n) is 4.85. The van der Waals surface area contributed by atoms with Gasteiger partial charge in [-0.3, -0.25) is 9.67 Å². The predicted octanol–water partition coefficient (Wildman–Crippen LogP) is 3.88. The Morgan fingerprint density at radius 2 is 1.86 bits per heavy atom. The van der Waals surface area contributed by atoms with E-state index >= 15 is 0 Å². The molecule has 0 unspecified atom stereocenters. The molecule has 4 nitrogen and oxygen atoms in total. The van der Waals surface area contributed by atoms with Crippen LogP contribution in [-0.2, 0) is 12.1 Å². The summed E-state index contributed by atoms with van der Waals surface area (Å²) in [6.07, 6.45) is -2.79. The van der Waals surface area contributed by atoms with Crippen molar-refractivity contribution in [2.24, 2.45) is 0 Å². The van der Waals surface area contributed by atoms with E-state index in [2.05, 4.69) is 15.2 Å². The van der Waals surface area contributed by atoms with Crippen LogP contribution >= 0.6 is 0 Å². The average molecular weight is 316 g/mol. The molecule has 2 heterocycles. The van der Waals surface area contributed by atoms with Crippen LogP contribution in [0.25, 0.3) is 16.6 Å². The first-order valence-electron chi connectivity index (χ1n) is 6.14. The molecule has 22 heavy (non-hydrogen) atoms. The standard InChI is InChI=1S/C13H9F5N4/c1-12(14,15)11-20-10(13(16,17)18)6-22(11)8-2-3-9-7(4-8)5-19-21-9/h2-6H,1H3,(H,19,21). The van der Waals surface area contributed by atoms with E-state index in [1.807, 2.05) is 0 Å². The molecule has 1 N–H and O–H groups in total. The second kappa shape index (κ2) is 4.52. The van der Waals surface area contributed by atoms with Crippen LogP contribution in [-0.4, -0.2) is 19.7 Å². The minimum atomic E-state index is -4.80. The van der Waals surface area contributed by atoms with Gasteiger partial charge < -0.3 is 0 Å². The monoisotopic (exact) mass is 316 g/mol. The minimum Gasteiger partial charge on any atom is -0.298 e. The number of nitrogens with one attached hydrogen (secondary N) is 1. The molecule has 116 valence electrons. The fourth-order valence-electron chi connectivity index (χ4n) is 2.10. The van der Waals surface area contributed by atoms with Crippen LogP contribution in [0.2, 0.25) is 0 Å². The summed E-state index contributed by atoms with van der Waals surface area (Å²) in [4.78, 5) is 3.06. The minimum absolute atomic E-state index is 0.147. The topological polar surface area (TPSA) is 46.5 Å². The first kappa shape index (κ1) is 14.5. The number of hydrogen-bond acceptors (Lipinski definition) is 2. The highest BCUT2D eigenvalue weighted by Crippen LogP contribution is 2.34. The third-order valence-corrected chi connectivity index (χ3v) is 3.09. The number of fused-ring (bicyclic) bond motifs is 1. The summed E-state index contributed by atoms with van der Waals surface area (Å²) in [7, 11) is 0. The Kier molecular flexibility index (Phi) is 2.98. The maximum Gasteiger partial charge on any atom is 0.434 e. The third-order valence-electron chi connectivity index (χ3n) is 3.09. The van der Waals surface area contributed by atoms with Crippen LogP contribution in [0.4, 0.5) is 22.0 Å². The third kappa shape index (κ3) is 2.42. The van der Waals surface area contributed by atoms with Crippen LogP contribution in [0, 0.1) is 0 Å². The van der Waals surface area contributed by atoms with Crippen LogP contribution in [0.3, 0.4) is 0 Å². The molecule has 0 saturated heterocycles. The number of H-pyrrole nitrogens is 1. The van der Waals surface area contributed by atoms with Gasteiger partial charge in [-0.15, -0.1) is 0 Å². The van der Waals surface area contributed by atoms with Crippen LogP contribution < -0.4 is 0 Å². The van der Waals surface area contributed by atoms with Gasteiger partial charge >= 0.3 is 12.1 Å². The molecule has 0 radical (unpaired) electrons. The van der Waals surface area contributed by atoms with Gasteiger partial charge in [0.2, 0.25) is 0 Å². The number of halogens is 5. The molecular formula is C13H9F5N4. The van der Waals surface area contributed by atoms with E-state index < -0.39 is 23.6 Å². The zero-order chi connectivity index (χ0) is 16.1. The molecule has 0 atom stereocenters. The van der Waals surface area contributed by atoms with Crippen molar-refractivity contribution in [1.29, 1.82) is 0 Å². The van der Waals surface area contributed by atoms with Crippen molar-refractivity contribution in [1.82, 2.24) is 19.7 Å². The van der Waals surface area contributed by atoms with Crippen molar-refractivity contribution >= 4 is 10.9 Å². The van der Waals surface area contributed by atoms with Gasteiger partial charge in [0.15, 0.2) is 11.5 Å². The van der Waals surface area contributed by atoms with E-state index in [0.29, 0.717) is 24.0 Å². The van der Waals surface area contributed by atoms with Gasteiger partial charge in [0, 0.05) is 24.2 Å². The van der Waals surface area contributed by atoms with Gasteiger partial charge in [-0.2, -0.15) is 27.1 Å². The normalized spacial score (nSPS) is 13.0. The molecule has 0 fully saturated rings. The number of aromatic amines is 1. The molecule has 0 aliphatic rings. The summed E-state index contributed by atoms with van der Waals surface area (Å²) in [6, 6.07) is 4.41. The molecule has 1 aromatic carbocycles. The molecular weight excluding hydrogens is 307 g/mol. The Balaban J connectivity index is 2.21. The van der Waals surface area contributed by atoms with Gasteiger partial charge in [-0.25, -0.2) is 4.98 Å². The van der Waals surface area contributed by atoms with E-state index in [9.17, 15) is 22.0 Å². The van der Waals surface area contributed by atoms with Crippen molar-refractivity contribution in [3.8, 4) is 5.69 Å². The molecule has 0 saturated carbocycles. The van der Waals surface area contributed by atoms with Gasteiger partial charge in [-0.05, 0) is 18.2 Å². The Labute approximate surface area is 120 Å². The lowest BCUT2D eigenvalue weighted by Gasteiger charge is -2.13. The number of rotatable bonds is 2. The molecule has 3 aromatic rings. The summed E-state index contributed by atoms with van der Waals surface area (Å²) in [5.74, 6) is -4.49. The maximum absolute atomic E-state index is 13.6. The van der Waals surface area contributed by atoms with Crippen LogP contribution in [0.5, 0.6) is 0 Å². The van der Waals surface area contributed by atoms with E-state index in [-0.39, 0.29) is 5.69 Å². The number of nitrogens with zero attached hydrogens (tertiary/aromatic N) is 3. The predicted molar refractivity (Wildman–Crippen MR) is 67.8 cm³/mol. The van der Waals surface area contributed by atoms with E-state index in [1.165, 1.54) is 18.3 Å². The average Bonchev–Trinajstić information content (AvgIpc) is 3.03. The smallest absolute Gasteiger partial charge is 0.298 e. The molecule has 2 aromatic heterocycles. The highest BCUT2D eigenvalue weighted by Gasteiger charge is 2.39. The fourth-order valence-corrected chi connectivity index (χ4v) is 2.10. The number of benzene rings is 1. The van der Waals surface area contributed by atoms with E-state index in [4.69, 9.17) is 0 Å². The highest BCUT2D eigenvalue weighted by atomic mass is 19.4. The van der Waals surface area contributed by atoms with Gasteiger partial charge in [0.05, 0.1) is 11.7 Å². The van der Waals surface area contributed by atoms with E-state index in [1.54, 1.807) is 6.07 Å². The van der Waals surface area contributed by atoms with Crippen LogP contribution in [0.15, 0.2) is 30.6 Å². The molecule has 0 spiro atoms. The van der Waals surface area contributed by atoms with Crippen molar-refractivity contribution < 1.29 is 22.0 Å². The van der Waals surface area contributed by atoms with Crippen molar-refractivity contribution in [3.05, 3.63) is 42.1 Å². The van der Waals surface area contributed by atoms with E-state index in [0.717, 1.165) is 4.57 Å². The SMILES string of the molecule is CC(F)(F)c1nc(C(F)(F)F)cn1-c1ccc2[nH]ncc2c1. The highest BCUT2D eigenvalue weighted by molar-refractivity contribution is 5.80. The second-order valence-corrected chi connectivity index (χ2v) is 4.85. The summed E-state index contributed by atoms with van der Waals surface area (Å²) in [5, 5.41) is 7.03. The summed E-state index contributed by atoms with van der Waals surface area (Å²) < 4.78 is 66.2. The largest absolute Gasteiger partial charge is 0.434 e. The summed E-state index contributed by atoms with van der Waals surface area (Å²) in [6.45, 7) is 0.502. The van der Waals surface area contributed by atoms with Crippen LogP contribution in [0.1, 0.15) is 18.4 Å². The Morgan fingerprint density at radius 3 is 2.50 bits per heavy atom. The van der Waals surface area contributed by atoms with Gasteiger partial charge in [-0.1, -0.05) is 0 Å². The molecule has 0 amide bonds. The number of aromatic nitrogens is 4. The van der Waals surface area contributed by atoms with Crippen molar-refractivity contribution in [3.63, 3.8) is 0 Å². The Bertz CT molecular complexity index is 825. The Morgan fingerprint density at radius 1 is 1.14 bits per heavy atom. The van der Waals surface area contributed by atoms with Gasteiger partial charge in [0.1, 0.15) is 0 Å². The number of imidazole rings is 1. The lowest BCUT2D eigenvalue weighted by atomic mass is 10.2. The zero-order valence-electron chi connectivity index (χ0n) is 11.1. The van der Waals surface area contributed by atoms with Crippen molar-refractivity contribution in [2.45, 2.75) is 19.0 Å². The molecule has 9 heteroatoms.